The highest BCUT2D eigenvalue weighted by molar-refractivity contribution is 6.85. The maximum absolute atomic E-state index is 12.9. The molecule has 12 rings (SSSR count). The molecule has 0 amide bonds. The molecule has 0 aliphatic rings. The van der Waals surface area contributed by atoms with Crippen molar-refractivity contribution >= 4 is 126 Å². The van der Waals surface area contributed by atoms with Crippen LogP contribution in [-0.2, 0) is 0 Å². The van der Waals surface area contributed by atoms with Crippen molar-refractivity contribution in [3.05, 3.63) is 260 Å². The van der Waals surface area contributed by atoms with E-state index in [4.69, 9.17) is 80.7 Å². The number of ether oxygens (including phenoxy) is 2. The standard InChI is InChI=1S/C98H108B2Cl4N8O2/c1-63(54-95(5,6)7)44-46-69(65(3)56-97(11,12)13)61-113-75-42-30-32-67(48-75)91-88-89(94(90(106-17)87-60-108-83-51-79(102)81(104)53-85(83)110-87)112(91)100(73-38-26-20-27-39-73)74-40-28-21-29-41-74)92(68-33-31-43-76(49-68)114-62-70(66(4)57-98(14,15)16)47-45-64(2)55-96(8,9)10)111(99(71-34-22-18-23-35-71)72-36-24-19-25-37-72)93(88)77(58-105)86-59-107-82-50-78(101)80(103)52-84(82)109-86/h18-43,48-53,59-60,63-66,69-70H,44-47,54-57,61-62H2,1-16H3/b93-77-,94-90+. The van der Waals surface area contributed by atoms with E-state index in [2.05, 4.69) is 271 Å². The van der Waals surface area contributed by atoms with E-state index < -0.39 is 13.7 Å². The Morgan fingerprint density at radius 3 is 1.14 bits per heavy atom. The molecule has 6 unspecified atom stereocenters. The topological polar surface area (TPSA) is 108 Å². The molecule has 0 radical (unpaired) electrons. The van der Waals surface area contributed by atoms with E-state index in [1.807, 2.05) is 24.3 Å². The Labute approximate surface area is 697 Å². The summed E-state index contributed by atoms with van der Waals surface area (Å²) in [5, 5.41) is 16.4. The van der Waals surface area contributed by atoms with Crippen molar-refractivity contribution in [1.29, 1.82) is 5.26 Å². The van der Waals surface area contributed by atoms with Crippen LogP contribution in [0.5, 0.6) is 11.5 Å². The SMILES string of the molecule is [C-]#[N+]/C(c1cnc2cc(Cl)c(Cl)cc2n1)=c1\c2c(-c3cccc(OCC(CCC(C)CC(C)(C)C)C(C)CC(C)(C)C)c3)n(B(c3ccccc3)c3ccccc3)/c(=C(/C#N)c3cnc4cc(Cl)c(Cl)cc4n3)c2c(-c2cccc(OCC(CCC(C)CC(C)(C)C)C(C)CC(C)(C)C)c2)n1B(c1ccccc1)c1ccccc1. The average molecular weight is 1590 g/mol. The van der Waals surface area contributed by atoms with Crippen molar-refractivity contribution < 1.29 is 9.47 Å². The van der Waals surface area contributed by atoms with Crippen LogP contribution in [-0.4, -0.2) is 55.8 Å². The second-order valence-corrected chi connectivity index (χ2v) is 38.5. The Kier molecular flexibility index (Phi) is 26.6. The first-order valence-corrected chi connectivity index (χ1v) is 42.0. The fraction of sp³-hybridized carbons (Fsp3) is 0.367. The van der Waals surface area contributed by atoms with Gasteiger partial charge in [-0.25, -0.2) is 9.83 Å². The molecule has 586 valence electrons. The van der Waals surface area contributed by atoms with E-state index in [-0.39, 0.29) is 61.2 Å². The number of halogens is 4. The van der Waals surface area contributed by atoms with Crippen LogP contribution in [0.1, 0.15) is 174 Å². The number of rotatable bonds is 28. The smallest absolute Gasteiger partial charge is 0.328 e. The van der Waals surface area contributed by atoms with Crippen molar-refractivity contribution in [2.45, 2.75) is 162 Å². The van der Waals surface area contributed by atoms with Gasteiger partial charge in [0.15, 0.2) is 0 Å². The summed E-state index contributed by atoms with van der Waals surface area (Å²) < 4.78 is 19.4. The molecule has 0 bridgehead atoms. The molecule has 16 heteroatoms. The summed E-state index contributed by atoms with van der Waals surface area (Å²) in [6.07, 6.45) is 11.8. The Morgan fingerprint density at radius 2 is 0.781 bits per heavy atom. The van der Waals surface area contributed by atoms with Gasteiger partial charge in [-0.2, -0.15) is 5.26 Å². The maximum Gasteiger partial charge on any atom is 0.328 e. The van der Waals surface area contributed by atoms with Crippen molar-refractivity contribution in [2.75, 3.05) is 13.2 Å². The number of nitrogens with zero attached hydrogens (tertiary/aromatic N) is 8. The second-order valence-electron chi connectivity index (χ2n) is 36.9. The highest BCUT2D eigenvalue weighted by Crippen LogP contribution is 2.42. The Hall–Kier alpha value is -9.13. The fourth-order valence-electron chi connectivity index (χ4n) is 17.7. The zero-order chi connectivity index (χ0) is 81.6. The lowest BCUT2D eigenvalue weighted by molar-refractivity contribution is 0.147. The molecule has 8 aromatic carbocycles. The zero-order valence-corrected chi connectivity index (χ0v) is 72.2. The van der Waals surface area contributed by atoms with Crippen molar-refractivity contribution in [2.24, 2.45) is 57.2 Å². The van der Waals surface area contributed by atoms with Crippen LogP contribution in [0, 0.1) is 75.1 Å². The van der Waals surface area contributed by atoms with E-state index in [1.54, 1.807) is 36.7 Å². The van der Waals surface area contributed by atoms with Crippen LogP contribution < -0.4 is 42.0 Å². The number of fused-ring (bicyclic) bond motifs is 3. The minimum absolute atomic E-state index is 0.0928. The van der Waals surface area contributed by atoms with Crippen molar-refractivity contribution in [3.63, 3.8) is 0 Å². The molecule has 12 aromatic rings. The van der Waals surface area contributed by atoms with Crippen LogP contribution >= 0.6 is 46.4 Å². The summed E-state index contributed by atoms with van der Waals surface area (Å²) in [6.45, 7) is 47.3. The normalized spacial score (nSPS) is 14.4. The van der Waals surface area contributed by atoms with Gasteiger partial charge in [0.2, 0.25) is 5.70 Å². The summed E-state index contributed by atoms with van der Waals surface area (Å²) in [4.78, 5) is 25.8. The van der Waals surface area contributed by atoms with E-state index >= 15 is 0 Å². The lowest BCUT2D eigenvalue weighted by Gasteiger charge is -2.31. The molecule has 114 heavy (non-hydrogen) atoms. The van der Waals surface area contributed by atoms with Crippen LogP contribution in [0.4, 0.5) is 0 Å². The van der Waals surface area contributed by atoms with Gasteiger partial charge in [0, 0.05) is 44.8 Å². The number of nitriles is 1. The number of hydrogen-bond acceptors (Lipinski definition) is 7. The van der Waals surface area contributed by atoms with Gasteiger partial charge in [-0.1, -0.05) is 337 Å². The molecule has 0 spiro atoms. The van der Waals surface area contributed by atoms with Crippen molar-refractivity contribution in [1.82, 2.24) is 28.9 Å². The van der Waals surface area contributed by atoms with Gasteiger partial charge >= 0.3 is 13.7 Å². The molecule has 0 N–H and O–H groups in total. The molecule has 4 heterocycles. The van der Waals surface area contributed by atoms with Gasteiger partial charge in [0.25, 0.3) is 0 Å². The lowest BCUT2D eigenvalue weighted by Crippen LogP contribution is -2.54. The van der Waals surface area contributed by atoms with Gasteiger partial charge in [-0.3, -0.25) is 15.0 Å². The predicted molar refractivity (Wildman–Crippen MR) is 482 cm³/mol. The van der Waals surface area contributed by atoms with Crippen LogP contribution in [0.15, 0.2) is 207 Å². The highest BCUT2D eigenvalue weighted by Gasteiger charge is 2.39. The third kappa shape index (κ3) is 20.4. The van der Waals surface area contributed by atoms with Gasteiger partial charge < -0.3 is 18.4 Å². The van der Waals surface area contributed by atoms with Gasteiger partial charge in [-0.15, -0.1) is 0 Å². The Bertz CT molecular complexity index is 5170. The molecule has 6 atom stereocenters. The molecular formula is C98H108B2Cl4N8O2. The first-order valence-electron chi connectivity index (χ1n) is 40.5. The van der Waals surface area contributed by atoms with Gasteiger partial charge in [-0.05, 0) is 144 Å². The second kappa shape index (κ2) is 35.9. The fourth-order valence-corrected chi connectivity index (χ4v) is 18.3. The first kappa shape index (κ1) is 84.3. The van der Waals surface area contributed by atoms with E-state index in [1.165, 1.54) is 0 Å². The minimum Gasteiger partial charge on any atom is -0.493 e. The molecule has 0 saturated carbocycles. The predicted octanol–water partition coefficient (Wildman–Crippen LogP) is 23.2. The Morgan fingerprint density at radius 1 is 0.439 bits per heavy atom. The molecule has 0 aliphatic carbocycles. The summed E-state index contributed by atoms with van der Waals surface area (Å²) in [5.74, 6) is 3.57. The number of benzene rings is 8. The van der Waals surface area contributed by atoms with Gasteiger partial charge in [0.05, 0.1) is 79.2 Å². The molecule has 4 aromatic heterocycles. The summed E-state index contributed by atoms with van der Waals surface area (Å²) in [7, 11) is 0. The summed E-state index contributed by atoms with van der Waals surface area (Å²) >= 11 is 27.4. The zero-order valence-electron chi connectivity index (χ0n) is 69.2. The lowest BCUT2D eigenvalue weighted by atomic mass is 9.50. The quantitative estimate of drug-likeness (QED) is 0.0355. The van der Waals surface area contributed by atoms with Crippen LogP contribution in [0.3, 0.4) is 0 Å². The molecule has 0 saturated heterocycles. The minimum atomic E-state index is -0.693. The summed E-state index contributed by atoms with van der Waals surface area (Å²) in [6, 6.07) is 68.3. The van der Waals surface area contributed by atoms with Crippen LogP contribution in [0.25, 0.3) is 71.5 Å². The first-order chi connectivity index (χ1) is 54.2. The number of hydrogen-bond donors (Lipinski definition) is 0. The average Bonchev–Trinajstić information content (AvgIpc) is 1.52. The summed E-state index contributed by atoms with van der Waals surface area (Å²) in [5.41, 5.74) is 9.91. The van der Waals surface area contributed by atoms with E-state index in [0.717, 1.165) is 84.3 Å². The molecule has 10 nitrogen and oxygen atoms in total. The maximum atomic E-state index is 12.9. The van der Waals surface area contributed by atoms with E-state index in [0.29, 0.717) is 118 Å². The van der Waals surface area contributed by atoms with Crippen LogP contribution in [0.2, 0.25) is 20.1 Å². The molecule has 0 aliphatic heterocycles. The number of aromatic nitrogens is 6. The van der Waals surface area contributed by atoms with E-state index in [9.17, 15) is 11.8 Å². The van der Waals surface area contributed by atoms with Gasteiger partial charge in [0.1, 0.15) is 28.8 Å². The third-order valence-electron chi connectivity index (χ3n) is 22.1. The van der Waals surface area contributed by atoms with Crippen molar-refractivity contribution in [3.8, 4) is 40.1 Å². The Balaban J connectivity index is 1.30. The third-order valence-corrected chi connectivity index (χ3v) is 23.5. The monoisotopic (exact) mass is 1590 g/mol. The largest absolute Gasteiger partial charge is 0.493 e. The molecular weight excluding hydrogens is 1480 g/mol. The highest BCUT2D eigenvalue weighted by atomic mass is 35.5. The molecule has 0 fully saturated rings.